The second-order valence-corrected chi connectivity index (χ2v) is 15.0. The molecule has 1 unspecified atom stereocenters. The third kappa shape index (κ3) is 12.8. The highest BCUT2D eigenvalue weighted by atomic mass is 16.6. The molecule has 54 heavy (non-hydrogen) atoms. The molecule has 0 bridgehead atoms. The smallest absolute Gasteiger partial charge is 0.302 e. The number of H-pyrrole nitrogens is 1. The summed E-state index contributed by atoms with van der Waals surface area (Å²) in [5.74, 6) is -2.03. The van der Waals surface area contributed by atoms with Crippen molar-refractivity contribution >= 4 is 23.7 Å². The minimum atomic E-state index is -1.21. The van der Waals surface area contributed by atoms with Gasteiger partial charge in [0.05, 0.1) is 18.3 Å². The fourth-order valence-electron chi connectivity index (χ4n) is 7.72. The number of amides is 3. The number of aliphatic hydroxyl groups excluding tert-OH is 1. The number of benzene rings is 1. The fraction of sp³-hybridized carbons (Fsp3) is 0.561. The highest BCUT2D eigenvalue weighted by Gasteiger charge is 2.36. The topological polar surface area (TPSA) is 193 Å². The Morgan fingerprint density at radius 2 is 1.70 bits per heavy atom. The molecule has 1 saturated carbocycles. The first kappa shape index (κ1) is 40.6. The van der Waals surface area contributed by atoms with Crippen LogP contribution in [0.15, 0.2) is 67.3 Å². The average molecular weight is 744 g/mol. The Balaban J connectivity index is 1.36. The van der Waals surface area contributed by atoms with E-state index < -0.39 is 48.0 Å². The highest BCUT2D eigenvalue weighted by molar-refractivity contribution is 5.91. The number of rotatable bonds is 18. The van der Waals surface area contributed by atoms with Gasteiger partial charge in [0.25, 0.3) is 0 Å². The number of carbonyl (C=O) groups is 4. The van der Waals surface area contributed by atoms with Gasteiger partial charge in [-0.1, -0.05) is 68.5 Å². The number of likely N-dealkylation sites (tertiary alicyclic amines) is 1. The molecule has 1 aliphatic heterocycles. The van der Waals surface area contributed by atoms with Crippen LogP contribution in [0.4, 0.5) is 0 Å². The SMILES string of the molecule is CC(=O)O[C@@H](CCc1ccccn1)[C@H](O)[C@H](CC1CCCCC1)NC(=O)[C@H](Cc1cnc[nH]1)NC(=O)C(CC(=O)N1CCC(N)CC1)Cc1ccccc1. The summed E-state index contributed by atoms with van der Waals surface area (Å²) in [5.41, 5.74) is 8.41. The third-order valence-corrected chi connectivity index (χ3v) is 10.8. The maximum atomic E-state index is 14.4. The van der Waals surface area contributed by atoms with Gasteiger partial charge in [0.15, 0.2) is 0 Å². The summed E-state index contributed by atoms with van der Waals surface area (Å²) in [6.45, 7) is 2.40. The molecule has 3 amide bonds. The van der Waals surface area contributed by atoms with E-state index in [9.17, 15) is 24.3 Å². The van der Waals surface area contributed by atoms with Crippen LogP contribution in [0.5, 0.6) is 0 Å². The van der Waals surface area contributed by atoms with Gasteiger partial charge in [0.1, 0.15) is 18.2 Å². The number of esters is 1. The number of imidazole rings is 1. The first-order valence-corrected chi connectivity index (χ1v) is 19.5. The van der Waals surface area contributed by atoms with Crippen molar-refractivity contribution in [3.63, 3.8) is 0 Å². The number of hydrogen-bond acceptors (Lipinski definition) is 9. The van der Waals surface area contributed by atoms with Gasteiger partial charge in [-0.2, -0.15) is 0 Å². The molecule has 6 N–H and O–H groups in total. The Labute approximate surface area is 318 Å². The van der Waals surface area contributed by atoms with E-state index >= 15 is 0 Å². The maximum absolute atomic E-state index is 14.4. The molecule has 0 spiro atoms. The zero-order valence-electron chi connectivity index (χ0n) is 31.4. The van der Waals surface area contributed by atoms with Crippen molar-refractivity contribution < 1.29 is 29.0 Å². The molecule has 2 fully saturated rings. The molecule has 0 radical (unpaired) electrons. The largest absolute Gasteiger partial charge is 0.460 e. The first-order valence-electron chi connectivity index (χ1n) is 19.5. The lowest BCUT2D eigenvalue weighted by molar-refractivity contribution is -0.154. The van der Waals surface area contributed by atoms with Crippen molar-refractivity contribution in [1.29, 1.82) is 0 Å². The number of aromatic nitrogens is 3. The molecule has 3 heterocycles. The molecular weight excluding hydrogens is 686 g/mol. The third-order valence-electron chi connectivity index (χ3n) is 10.8. The van der Waals surface area contributed by atoms with Crippen molar-refractivity contribution in [3.05, 3.63) is 84.2 Å². The Morgan fingerprint density at radius 1 is 0.963 bits per heavy atom. The minimum absolute atomic E-state index is 0.0162. The number of aromatic amines is 1. The molecule has 1 saturated heterocycles. The quantitative estimate of drug-likeness (QED) is 0.122. The van der Waals surface area contributed by atoms with E-state index in [1.165, 1.54) is 13.3 Å². The monoisotopic (exact) mass is 743 g/mol. The number of piperidine rings is 1. The Kier molecular flexibility index (Phi) is 15.6. The van der Waals surface area contributed by atoms with Crippen molar-refractivity contribution in [2.24, 2.45) is 17.6 Å². The number of ether oxygens (including phenoxy) is 1. The van der Waals surface area contributed by atoms with Crippen LogP contribution < -0.4 is 16.4 Å². The van der Waals surface area contributed by atoms with Gasteiger partial charge in [-0.15, -0.1) is 0 Å². The predicted molar refractivity (Wildman–Crippen MR) is 204 cm³/mol. The molecular formula is C41H57N7O6. The maximum Gasteiger partial charge on any atom is 0.302 e. The van der Waals surface area contributed by atoms with Gasteiger partial charge in [0.2, 0.25) is 17.7 Å². The zero-order valence-corrected chi connectivity index (χ0v) is 31.4. The predicted octanol–water partition coefficient (Wildman–Crippen LogP) is 3.41. The summed E-state index contributed by atoms with van der Waals surface area (Å²) in [4.78, 5) is 67.7. The summed E-state index contributed by atoms with van der Waals surface area (Å²) in [5, 5.41) is 18.0. The van der Waals surface area contributed by atoms with E-state index in [0.29, 0.717) is 57.3 Å². The van der Waals surface area contributed by atoms with Gasteiger partial charge in [0, 0.05) is 62.7 Å². The number of nitrogens with two attached hydrogens (primary N) is 1. The number of pyridine rings is 1. The van der Waals surface area contributed by atoms with Gasteiger partial charge >= 0.3 is 5.97 Å². The summed E-state index contributed by atoms with van der Waals surface area (Å²) in [6.07, 6.45) is 11.0. The lowest BCUT2D eigenvalue weighted by atomic mass is 9.82. The second-order valence-electron chi connectivity index (χ2n) is 15.0. The van der Waals surface area contributed by atoms with Crippen molar-refractivity contribution in [3.8, 4) is 0 Å². The van der Waals surface area contributed by atoms with E-state index in [2.05, 4.69) is 25.6 Å². The van der Waals surface area contributed by atoms with Crippen LogP contribution >= 0.6 is 0 Å². The molecule has 2 aromatic heterocycles. The van der Waals surface area contributed by atoms with Crippen LogP contribution in [-0.2, 0) is 43.2 Å². The number of nitrogens with one attached hydrogen (secondary N) is 3. The second kappa shape index (κ2) is 20.7. The molecule has 13 nitrogen and oxygen atoms in total. The molecule has 3 aromatic rings. The molecule has 13 heteroatoms. The first-order chi connectivity index (χ1) is 26.1. The van der Waals surface area contributed by atoms with E-state index in [0.717, 1.165) is 43.4 Å². The lowest BCUT2D eigenvalue weighted by Gasteiger charge is -2.34. The average Bonchev–Trinajstić information content (AvgIpc) is 3.70. The van der Waals surface area contributed by atoms with Crippen LogP contribution in [-0.4, -0.2) is 92.1 Å². The van der Waals surface area contributed by atoms with E-state index in [4.69, 9.17) is 10.5 Å². The van der Waals surface area contributed by atoms with Crippen molar-refractivity contribution in [1.82, 2.24) is 30.5 Å². The van der Waals surface area contributed by atoms with Crippen LogP contribution in [0, 0.1) is 11.8 Å². The lowest BCUT2D eigenvalue weighted by Crippen LogP contribution is -2.57. The van der Waals surface area contributed by atoms with Gasteiger partial charge < -0.3 is 36.1 Å². The molecule has 2 aliphatic rings. The number of aliphatic hydroxyl groups is 1. The van der Waals surface area contributed by atoms with Crippen LogP contribution in [0.1, 0.15) is 88.1 Å². The number of carbonyl (C=O) groups excluding carboxylic acids is 4. The van der Waals surface area contributed by atoms with Crippen molar-refractivity contribution in [2.45, 2.75) is 121 Å². The Morgan fingerprint density at radius 3 is 2.37 bits per heavy atom. The molecule has 5 rings (SSSR count). The Bertz CT molecular complexity index is 1590. The molecule has 292 valence electrons. The fourth-order valence-corrected chi connectivity index (χ4v) is 7.72. The number of hydrogen-bond donors (Lipinski definition) is 5. The summed E-state index contributed by atoms with van der Waals surface area (Å²) >= 11 is 0. The highest BCUT2D eigenvalue weighted by Crippen LogP contribution is 2.29. The minimum Gasteiger partial charge on any atom is -0.460 e. The summed E-state index contributed by atoms with van der Waals surface area (Å²) in [7, 11) is 0. The van der Waals surface area contributed by atoms with Crippen molar-refractivity contribution in [2.75, 3.05) is 13.1 Å². The summed E-state index contributed by atoms with van der Waals surface area (Å²) < 4.78 is 5.68. The normalized spacial score (nSPS) is 18.2. The molecule has 1 aromatic carbocycles. The standard InChI is InChI=1S/C41H57N7O6/c1-28(49)54-37(16-15-33-14-8-9-19-44-33)39(51)35(23-30-12-6-3-7-13-30)46-41(53)36(25-34-26-43-27-45-34)47-40(52)31(22-29-10-4-2-5-11-29)24-38(50)48-20-17-32(42)18-21-48/h2,4-5,8-11,14,19,26-27,30-32,35-37,39,51H,3,6-7,12-13,15-18,20-25,42H2,1H3,(H,43,45)(H,46,53)(H,47,52)/t31?,35-,36-,37-,39+/m0/s1. The summed E-state index contributed by atoms with van der Waals surface area (Å²) in [6, 6.07) is 13.3. The van der Waals surface area contributed by atoms with E-state index in [1.807, 2.05) is 48.5 Å². The van der Waals surface area contributed by atoms with Gasteiger partial charge in [-0.3, -0.25) is 24.2 Å². The van der Waals surface area contributed by atoms with Crippen LogP contribution in [0.25, 0.3) is 0 Å². The van der Waals surface area contributed by atoms with Gasteiger partial charge in [-0.05, 0) is 62.1 Å². The molecule has 1 aliphatic carbocycles. The van der Waals surface area contributed by atoms with E-state index in [1.54, 1.807) is 17.3 Å². The number of aryl methyl sites for hydroxylation is 1. The number of nitrogens with zero attached hydrogens (tertiary/aromatic N) is 3. The zero-order chi connectivity index (χ0) is 38.3. The van der Waals surface area contributed by atoms with E-state index in [-0.39, 0.29) is 30.7 Å². The van der Waals surface area contributed by atoms with Gasteiger partial charge in [-0.25, -0.2) is 4.98 Å². The Hall–Kier alpha value is -4.62. The van der Waals surface area contributed by atoms with Crippen LogP contribution in [0.2, 0.25) is 0 Å². The van der Waals surface area contributed by atoms with Crippen LogP contribution in [0.3, 0.4) is 0 Å². The molecule has 5 atom stereocenters.